The van der Waals surface area contributed by atoms with Gasteiger partial charge in [0, 0.05) is 5.54 Å². The zero-order valence-electron chi connectivity index (χ0n) is 9.89. The third-order valence-corrected chi connectivity index (χ3v) is 3.05. The van der Waals surface area contributed by atoms with Crippen LogP contribution in [-0.2, 0) is 0 Å². The van der Waals surface area contributed by atoms with Gasteiger partial charge in [-0.2, -0.15) is 0 Å². The lowest BCUT2D eigenvalue weighted by Crippen LogP contribution is -2.42. The van der Waals surface area contributed by atoms with Crippen LogP contribution in [0.3, 0.4) is 0 Å². The molecule has 0 aromatic carbocycles. The molecule has 0 rings (SSSR count). The highest BCUT2D eigenvalue weighted by molar-refractivity contribution is 4.81. The number of unbranched alkanes of at least 4 members (excludes halogenated alkanes) is 5. The number of aliphatic hydroxyl groups is 1. The Labute approximate surface area is 88.9 Å². The van der Waals surface area contributed by atoms with Crippen LogP contribution in [0.2, 0.25) is 0 Å². The zero-order valence-corrected chi connectivity index (χ0v) is 9.89. The molecule has 0 aliphatic rings. The van der Waals surface area contributed by atoms with Crippen LogP contribution in [-0.4, -0.2) is 17.3 Å². The Bertz CT molecular complexity index is 121. The van der Waals surface area contributed by atoms with Gasteiger partial charge in [-0.1, -0.05) is 52.4 Å². The van der Waals surface area contributed by atoms with Gasteiger partial charge in [0.2, 0.25) is 0 Å². The predicted molar refractivity (Wildman–Crippen MR) is 62.3 cm³/mol. The Morgan fingerprint density at radius 2 is 1.57 bits per heavy atom. The molecule has 1 unspecified atom stereocenters. The summed E-state index contributed by atoms with van der Waals surface area (Å²) < 4.78 is 0. The summed E-state index contributed by atoms with van der Waals surface area (Å²) in [5, 5.41) is 9.10. The lowest BCUT2D eigenvalue weighted by molar-refractivity contribution is 0.179. The molecule has 86 valence electrons. The first-order valence-electron chi connectivity index (χ1n) is 6.08. The maximum atomic E-state index is 9.10. The van der Waals surface area contributed by atoms with E-state index in [9.17, 15) is 0 Å². The van der Waals surface area contributed by atoms with Crippen LogP contribution in [0.15, 0.2) is 0 Å². The van der Waals surface area contributed by atoms with E-state index in [1.54, 1.807) is 0 Å². The van der Waals surface area contributed by atoms with Crippen molar-refractivity contribution in [3.63, 3.8) is 0 Å². The smallest absolute Gasteiger partial charge is 0.0611 e. The molecule has 0 bridgehead atoms. The van der Waals surface area contributed by atoms with Crippen molar-refractivity contribution in [2.24, 2.45) is 5.73 Å². The molecule has 3 N–H and O–H groups in total. The third kappa shape index (κ3) is 6.39. The Morgan fingerprint density at radius 1 is 1.00 bits per heavy atom. The highest BCUT2D eigenvalue weighted by Gasteiger charge is 2.20. The molecular formula is C12H27NO. The maximum Gasteiger partial charge on any atom is 0.0611 e. The quantitative estimate of drug-likeness (QED) is 0.563. The molecule has 0 saturated heterocycles. The summed E-state index contributed by atoms with van der Waals surface area (Å²) in [5.41, 5.74) is 5.67. The van der Waals surface area contributed by atoms with E-state index in [1.807, 2.05) is 6.92 Å². The standard InChI is InChI=1S/C12H27NO/c1-3-5-6-7-8-9-10-12(13,4-2)11-14/h14H,3-11,13H2,1-2H3. The van der Waals surface area contributed by atoms with E-state index in [0.29, 0.717) is 0 Å². The van der Waals surface area contributed by atoms with E-state index in [-0.39, 0.29) is 12.1 Å². The molecule has 0 amide bonds. The average molecular weight is 201 g/mol. The predicted octanol–water partition coefficient (Wildman–Crippen LogP) is 2.84. The third-order valence-electron chi connectivity index (χ3n) is 3.05. The number of rotatable bonds is 9. The van der Waals surface area contributed by atoms with E-state index in [2.05, 4.69) is 6.92 Å². The first kappa shape index (κ1) is 13.9. The number of nitrogens with two attached hydrogens (primary N) is 1. The van der Waals surface area contributed by atoms with E-state index >= 15 is 0 Å². The van der Waals surface area contributed by atoms with Crippen molar-refractivity contribution >= 4 is 0 Å². The van der Waals surface area contributed by atoms with Crippen LogP contribution in [0, 0.1) is 0 Å². The van der Waals surface area contributed by atoms with Gasteiger partial charge in [-0.25, -0.2) is 0 Å². The van der Waals surface area contributed by atoms with Crippen LogP contribution in [0.5, 0.6) is 0 Å². The van der Waals surface area contributed by atoms with Gasteiger partial charge in [0.15, 0.2) is 0 Å². The molecule has 0 fully saturated rings. The Kier molecular flexibility index (Phi) is 8.20. The molecule has 0 saturated carbocycles. The Morgan fingerprint density at radius 3 is 2.07 bits per heavy atom. The van der Waals surface area contributed by atoms with Crippen molar-refractivity contribution in [1.82, 2.24) is 0 Å². The van der Waals surface area contributed by atoms with Crippen molar-refractivity contribution < 1.29 is 5.11 Å². The van der Waals surface area contributed by atoms with Crippen LogP contribution in [0.1, 0.15) is 65.2 Å². The summed E-state index contributed by atoms with van der Waals surface area (Å²) in [6, 6.07) is 0. The lowest BCUT2D eigenvalue weighted by Gasteiger charge is -2.25. The molecular weight excluding hydrogens is 174 g/mol. The summed E-state index contributed by atoms with van der Waals surface area (Å²) in [6.07, 6.45) is 9.57. The molecule has 0 radical (unpaired) electrons. The fourth-order valence-electron chi connectivity index (χ4n) is 1.63. The van der Waals surface area contributed by atoms with Gasteiger partial charge in [0.1, 0.15) is 0 Å². The van der Waals surface area contributed by atoms with Gasteiger partial charge in [0.05, 0.1) is 6.61 Å². The minimum atomic E-state index is -0.315. The molecule has 0 aliphatic carbocycles. The molecule has 0 aromatic heterocycles. The fraction of sp³-hybridized carbons (Fsp3) is 1.00. The van der Waals surface area contributed by atoms with Gasteiger partial charge in [-0.3, -0.25) is 0 Å². The average Bonchev–Trinajstić information content (AvgIpc) is 2.23. The van der Waals surface area contributed by atoms with Crippen molar-refractivity contribution in [3.8, 4) is 0 Å². The topological polar surface area (TPSA) is 46.2 Å². The van der Waals surface area contributed by atoms with Crippen molar-refractivity contribution in [1.29, 1.82) is 0 Å². The largest absolute Gasteiger partial charge is 0.394 e. The summed E-state index contributed by atoms with van der Waals surface area (Å²) in [6.45, 7) is 4.40. The highest BCUT2D eigenvalue weighted by atomic mass is 16.3. The molecule has 14 heavy (non-hydrogen) atoms. The van der Waals surface area contributed by atoms with Gasteiger partial charge in [-0.05, 0) is 12.8 Å². The van der Waals surface area contributed by atoms with Gasteiger partial charge < -0.3 is 10.8 Å². The van der Waals surface area contributed by atoms with Crippen molar-refractivity contribution in [2.75, 3.05) is 6.61 Å². The van der Waals surface area contributed by atoms with Gasteiger partial charge in [-0.15, -0.1) is 0 Å². The molecule has 0 spiro atoms. The SMILES string of the molecule is CCCCCCCCC(N)(CC)CO. The summed E-state index contributed by atoms with van der Waals surface area (Å²) in [5.74, 6) is 0. The van der Waals surface area contributed by atoms with Crippen LogP contribution in [0.4, 0.5) is 0 Å². The molecule has 0 aliphatic heterocycles. The summed E-state index contributed by atoms with van der Waals surface area (Å²) >= 11 is 0. The van der Waals surface area contributed by atoms with Crippen molar-refractivity contribution in [2.45, 2.75) is 70.8 Å². The number of hydrogen-bond donors (Lipinski definition) is 2. The molecule has 2 heteroatoms. The first-order valence-corrected chi connectivity index (χ1v) is 6.08. The minimum absolute atomic E-state index is 0.123. The lowest BCUT2D eigenvalue weighted by atomic mass is 9.91. The van der Waals surface area contributed by atoms with Crippen LogP contribution >= 0.6 is 0 Å². The second-order valence-electron chi connectivity index (χ2n) is 4.39. The number of hydrogen-bond acceptors (Lipinski definition) is 2. The van der Waals surface area contributed by atoms with Gasteiger partial charge in [0.25, 0.3) is 0 Å². The van der Waals surface area contributed by atoms with E-state index < -0.39 is 0 Å². The van der Waals surface area contributed by atoms with Crippen molar-refractivity contribution in [3.05, 3.63) is 0 Å². The van der Waals surface area contributed by atoms with Gasteiger partial charge >= 0.3 is 0 Å². The molecule has 1 atom stereocenters. The monoisotopic (exact) mass is 201 g/mol. The normalized spacial score (nSPS) is 15.4. The van der Waals surface area contributed by atoms with Crippen LogP contribution in [0.25, 0.3) is 0 Å². The van der Waals surface area contributed by atoms with Crippen LogP contribution < -0.4 is 5.73 Å². The minimum Gasteiger partial charge on any atom is -0.394 e. The first-order chi connectivity index (χ1) is 6.68. The van der Waals surface area contributed by atoms with E-state index in [1.165, 1.54) is 32.1 Å². The second kappa shape index (κ2) is 8.25. The summed E-state index contributed by atoms with van der Waals surface area (Å²) in [4.78, 5) is 0. The summed E-state index contributed by atoms with van der Waals surface area (Å²) in [7, 11) is 0. The molecule has 0 aromatic rings. The Balaban J connectivity index is 3.34. The maximum absolute atomic E-state index is 9.10. The molecule has 0 heterocycles. The fourth-order valence-corrected chi connectivity index (χ4v) is 1.63. The van der Waals surface area contributed by atoms with E-state index in [4.69, 9.17) is 10.8 Å². The highest BCUT2D eigenvalue weighted by Crippen LogP contribution is 2.16. The van der Waals surface area contributed by atoms with E-state index in [0.717, 1.165) is 19.3 Å². The Hall–Kier alpha value is -0.0800. The zero-order chi connectivity index (χ0) is 10.9. The number of aliphatic hydroxyl groups excluding tert-OH is 1. The molecule has 2 nitrogen and oxygen atoms in total. The second-order valence-corrected chi connectivity index (χ2v) is 4.39.